The fraction of sp³-hybridized carbons (Fsp3) is 0.312. The van der Waals surface area contributed by atoms with Gasteiger partial charge >= 0.3 is 5.69 Å². The number of aliphatic hydroxyl groups excluding tert-OH is 1. The maximum Gasteiger partial charge on any atom is 0.330 e. The lowest BCUT2D eigenvalue weighted by atomic mass is 10.0. The molecule has 0 aliphatic rings. The van der Waals surface area contributed by atoms with Crippen molar-refractivity contribution in [3.05, 3.63) is 44.9 Å². The quantitative estimate of drug-likeness (QED) is 0.640. The molecule has 0 fully saturated rings. The van der Waals surface area contributed by atoms with Crippen molar-refractivity contribution in [3.8, 4) is 11.1 Å². The molecular weight excluding hydrogens is 310 g/mol. The maximum absolute atomic E-state index is 12.7. The van der Waals surface area contributed by atoms with Crippen LogP contribution in [0.25, 0.3) is 22.2 Å². The molecule has 0 saturated carbocycles. The lowest BCUT2D eigenvalue weighted by Crippen LogP contribution is -2.39. The van der Waals surface area contributed by atoms with Crippen LogP contribution in [0, 0.1) is 6.92 Å². The first kappa shape index (κ1) is 16.0. The molecule has 0 spiro atoms. The van der Waals surface area contributed by atoms with Crippen LogP contribution in [0.1, 0.15) is 5.69 Å². The minimum absolute atomic E-state index is 0.0274. The van der Waals surface area contributed by atoms with E-state index in [0.717, 1.165) is 9.95 Å². The third-order valence-corrected chi connectivity index (χ3v) is 4.17. The summed E-state index contributed by atoms with van der Waals surface area (Å²) in [7, 11) is 3.11. The van der Waals surface area contributed by atoms with Gasteiger partial charge in [0.05, 0.1) is 12.2 Å². The fourth-order valence-electron chi connectivity index (χ4n) is 2.77. The van der Waals surface area contributed by atoms with Crippen LogP contribution in [-0.2, 0) is 14.1 Å². The lowest BCUT2D eigenvalue weighted by Gasteiger charge is -2.14. The molecule has 3 aromatic rings. The van der Waals surface area contributed by atoms with E-state index in [1.165, 1.54) is 11.6 Å². The molecule has 0 bridgehead atoms. The van der Waals surface area contributed by atoms with E-state index in [4.69, 9.17) is 5.11 Å². The van der Waals surface area contributed by atoms with Crippen LogP contribution in [0.3, 0.4) is 0 Å². The molecule has 3 aromatic heterocycles. The third-order valence-electron chi connectivity index (χ3n) is 4.17. The molecule has 0 atom stereocenters. The average Bonchev–Trinajstić information content (AvgIpc) is 3.05. The molecule has 0 unspecified atom stereocenters. The van der Waals surface area contributed by atoms with Crippen molar-refractivity contribution >= 4 is 16.9 Å². The van der Waals surface area contributed by atoms with Gasteiger partial charge in [-0.15, -0.1) is 0 Å². The summed E-state index contributed by atoms with van der Waals surface area (Å²) in [6.07, 6.45) is 1.75. The Hall–Kier alpha value is -2.87. The zero-order chi connectivity index (χ0) is 17.4. The van der Waals surface area contributed by atoms with Gasteiger partial charge in [-0.05, 0) is 19.1 Å². The second kappa shape index (κ2) is 5.97. The van der Waals surface area contributed by atoms with Crippen LogP contribution in [0.5, 0.6) is 0 Å². The van der Waals surface area contributed by atoms with Gasteiger partial charge in [0.15, 0.2) is 0 Å². The Kier molecular flexibility index (Phi) is 3.98. The largest absolute Gasteiger partial charge is 0.395 e. The topological polar surface area (TPSA) is 105 Å². The third kappa shape index (κ3) is 2.41. The number of rotatable bonds is 4. The predicted octanol–water partition coefficient (Wildman–Crippen LogP) is 0.340. The normalized spacial score (nSPS) is 11.2. The number of H-pyrrole nitrogens is 1. The van der Waals surface area contributed by atoms with Crippen molar-refractivity contribution in [1.82, 2.24) is 19.1 Å². The molecule has 0 amide bonds. The van der Waals surface area contributed by atoms with Crippen LogP contribution in [-0.4, -0.2) is 37.4 Å². The van der Waals surface area contributed by atoms with Crippen LogP contribution in [0.15, 0.2) is 27.9 Å². The number of aromatic amines is 1. The summed E-state index contributed by atoms with van der Waals surface area (Å²) in [6, 6.07) is 3.61. The number of fused-ring (bicyclic) bond motifs is 1. The van der Waals surface area contributed by atoms with E-state index in [1.54, 1.807) is 26.2 Å². The number of nitrogens with one attached hydrogen (secondary N) is 2. The second-order valence-corrected chi connectivity index (χ2v) is 5.61. The molecule has 0 saturated heterocycles. The molecule has 3 rings (SSSR count). The molecule has 126 valence electrons. The van der Waals surface area contributed by atoms with Crippen molar-refractivity contribution in [2.75, 3.05) is 18.5 Å². The fourth-order valence-corrected chi connectivity index (χ4v) is 2.77. The Morgan fingerprint density at radius 1 is 1.29 bits per heavy atom. The molecular formula is C16H19N5O3. The minimum atomic E-state index is -0.362. The van der Waals surface area contributed by atoms with Gasteiger partial charge in [-0.25, -0.2) is 9.78 Å². The highest BCUT2D eigenvalue weighted by Crippen LogP contribution is 2.29. The summed E-state index contributed by atoms with van der Waals surface area (Å²) in [5.41, 5.74) is 1.65. The number of nitrogens with zero attached hydrogens (tertiary/aromatic N) is 3. The molecule has 24 heavy (non-hydrogen) atoms. The highest BCUT2D eigenvalue weighted by Gasteiger charge is 2.18. The van der Waals surface area contributed by atoms with Crippen molar-refractivity contribution < 1.29 is 5.11 Å². The molecule has 0 aliphatic heterocycles. The molecule has 0 aliphatic carbocycles. The first-order chi connectivity index (χ1) is 11.5. The molecule has 3 N–H and O–H groups in total. The smallest absolute Gasteiger partial charge is 0.330 e. The Labute approximate surface area is 137 Å². The van der Waals surface area contributed by atoms with Gasteiger partial charge in [0.1, 0.15) is 11.5 Å². The van der Waals surface area contributed by atoms with E-state index < -0.39 is 0 Å². The Morgan fingerprint density at radius 2 is 2.04 bits per heavy atom. The van der Waals surface area contributed by atoms with Crippen LogP contribution >= 0.6 is 0 Å². The van der Waals surface area contributed by atoms with E-state index >= 15 is 0 Å². The molecule has 3 heterocycles. The standard InChI is InChI=1S/C16H19N5O3/c1-9-13(15(23)21(3)16(24)20(9)2)11-8-12(17-6-7-22)19-14-10(11)4-5-18-14/h4-5,8,22H,6-7H2,1-3H3,(H2,17,18,19). The monoisotopic (exact) mass is 329 g/mol. The summed E-state index contributed by atoms with van der Waals surface area (Å²) in [4.78, 5) is 32.3. The van der Waals surface area contributed by atoms with E-state index in [2.05, 4.69) is 15.3 Å². The van der Waals surface area contributed by atoms with Gasteiger partial charge in [0, 0.05) is 43.5 Å². The van der Waals surface area contributed by atoms with E-state index in [9.17, 15) is 9.59 Å². The summed E-state index contributed by atoms with van der Waals surface area (Å²) in [5.74, 6) is 0.546. The number of hydrogen-bond acceptors (Lipinski definition) is 5. The van der Waals surface area contributed by atoms with E-state index in [1.807, 2.05) is 6.07 Å². The Bertz CT molecular complexity index is 1030. The van der Waals surface area contributed by atoms with Gasteiger partial charge in [0.25, 0.3) is 5.56 Å². The number of aromatic nitrogens is 4. The minimum Gasteiger partial charge on any atom is -0.395 e. The van der Waals surface area contributed by atoms with Gasteiger partial charge < -0.3 is 20.0 Å². The first-order valence-corrected chi connectivity index (χ1v) is 7.55. The van der Waals surface area contributed by atoms with Crippen LogP contribution < -0.4 is 16.6 Å². The van der Waals surface area contributed by atoms with Gasteiger partial charge in [0.2, 0.25) is 0 Å². The maximum atomic E-state index is 12.7. The highest BCUT2D eigenvalue weighted by atomic mass is 16.3. The second-order valence-electron chi connectivity index (χ2n) is 5.61. The van der Waals surface area contributed by atoms with Gasteiger partial charge in [-0.3, -0.25) is 9.36 Å². The number of pyridine rings is 1. The van der Waals surface area contributed by atoms with Gasteiger partial charge in [-0.1, -0.05) is 0 Å². The summed E-state index contributed by atoms with van der Waals surface area (Å²) in [5, 5.41) is 12.8. The molecule has 0 radical (unpaired) electrons. The average molecular weight is 329 g/mol. The SMILES string of the molecule is Cc1c(-c2cc(NCCO)nc3[nH]ccc23)c(=O)n(C)c(=O)n1C. The Morgan fingerprint density at radius 3 is 2.75 bits per heavy atom. The lowest BCUT2D eigenvalue weighted by molar-refractivity contribution is 0.311. The predicted molar refractivity (Wildman–Crippen MR) is 92.3 cm³/mol. The number of anilines is 1. The zero-order valence-corrected chi connectivity index (χ0v) is 13.8. The van der Waals surface area contributed by atoms with Crippen LogP contribution in [0.2, 0.25) is 0 Å². The summed E-state index contributed by atoms with van der Waals surface area (Å²) in [6.45, 7) is 2.07. The summed E-state index contributed by atoms with van der Waals surface area (Å²) >= 11 is 0. The molecule has 0 aromatic carbocycles. The summed E-state index contributed by atoms with van der Waals surface area (Å²) < 4.78 is 2.55. The Balaban J connectivity index is 2.36. The van der Waals surface area contributed by atoms with Crippen molar-refractivity contribution in [3.63, 3.8) is 0 Å². The highest BCUT2D eigenvalue weighted by molar-refractivity contribution is 5.95. The van der Waals surface area contributed by atoms with Crippen molar-refractivity contribution in [1.29, 1.82) is 0 Å². The number of hydrogen-bond donors (Lipinski definition) is 3. The van der Waals surface area contributed by atoms with Crippen molar-refractivity contribution in [2.45, 2.75) is 6.92 Å². The van der Waals surface area contributed by atoms with E-state index in [0.29, 0.717) is 34.8 Å². The first-order valence-electron chi connectivity index (χ1n) is 7.55. The molecule has 8 heteroatoms. The number of aliphatic hydroxyl groups is 1. The van der Waals surface area contributed by atoms with Gasteiger partial charge in [-0.2, -0.15) is 0 Å². The van der Waals surface area contributed by atoms with Crippen molar-refractivity contribution in [2.24, 2.45) is 14.1 Å². The van der Waals surface area contributed by atoms with E-state index in [-0.39, 0.29) is 17.9 Å². The zero-order valence-electron chi connectivity index (χ0n) is 13.8. The van der Waals surface area contributed by atoms with Crippen LogP contribution in [0.4, 0.5) is 5.82 Å². The molecule has 8 nitrogen and oxygen atoms in total.